The minimum atomic E-state index is -0.753. The van der Waals surface area contributed by atoms with Crippen LogP contribution in [-0.2, 0) is 16.0 Å². The van der Waals surface area contributed by atoms with E-state index >= 15 is 0 Å². The highest BCUT2D eigenvalue weighted by atomic mass is 32.1. The molecule has 1 saturated carbocycles. The number of rotatable bonds is 5. The maximum Gasteiger partial charge on any atom is 0.306 e. The average molecular weight is 362 g/mol. The molecule has 1 aromatic heterocycles. The Morgan fingerprint density at radius 2 is 2.04 bits per heavy atom. The largest absolute Gasteiger partial charge is 0.481 e. The summed E-state index contributed by atoms with van der Waals surface area (Å²) in [6.45, 7) is 0. The molecule has 3 rings (SSSR count). The second kappa shape index (κ2) is 7.74. The van der Waals surface area contributed by atoms with Crippen LogP contribution in [0.4, 0.5) is 4.39 Å². The molecular formula is C18H19FN2O3S. The van der Waals surface area contributed by atoms with E-state index in [1.54, 1.807) is 17.5 Å². The fraction of sp³-hybridized carbons (Fsp3) is 0.389. The third-order valence-electron chi connectivity index (χ3n) is 4.41. The van der Waals surface area contributed by atoms with Gasteiger partial charge in [-0.25, -0.2) is 9.37 Å². The summed E-state index contributed by atoms with van der Waals surface area (Å²) in [4.78, 5) is 27.5. The number of hydrogen-bond donors (Lipinski definition) is 2. The third-order valence-corrected chi connectivity index (χ3v) is 5.35. The van der Waals surface area contributed by atoms with Crippen LogP contribution in [0.25, 0.3) is 10.6 Å². The molecule has 0 atom stereocenters. The average Bonchev–Trinajstić information content (AvgIpc) is 3.03. The zero-order valence-electron chi connectivity index (χ0n) is 13.6. The third kappa shape index (κ3) is 4.63. The highest BCUT2D eigenvalue weighted by Gasteiger charge is 2.26. The van der Waals surface area contributed by atoms with Gasteiger partial charge in [-0.2, -0.15) is 0 Å². The molecule has 132 valence electrons. The topological polar surface area (TPSA) is 79.3 Å². The Morgan fingerprint density at radius 3 is 2.72 bits per heavy atom. The number of carbonyl (C=O) groups excluding carboxylic acids is 1. The molecule has 25 heavy (non-hydrogen) atoms. The number of nitrogens with one attached hydrogen (secondary N) is 1. The molecule has 1 heterocycles. The van der Waals surface area contributed by atoms with Gasteiger partial charge in [-0.3, -0.25) is 9.59 Å². The molecule has 1 fully saturated rings. The Labute approximate surface area is 148 Å². The van der Waals surface area contributed by atoms with Crippen molar-refractivity contribution in [3.8, 4) is 10.6 Å². The lowest BCUT2D eigenvalue weighted by molar-refractivity contribution is -0.142. The van der Waals surface area contributed by atoms with Crippen molar-refractivity contribution >= 4 is 23.2 Å². The van der Waals surface area contributed by atoms with Crippen molar-refractivity contribution in [3.05, 3.63) is 41.2 Å². The molecule has 7 heteroatoms. The van der Waals surface area contributed by atoms with Crippen LogP contribution in [-0.4, -0.2) is 28.0 Å². The lowest BCUT2D eigenvalue weighted by atomic mass is 9.86. The number of aromatic nitrogens is 1. The van der Waals surface area contributed by atoms with E-state index < -0.39 is 5.97 Å². The van der Waals surface area contributed by atoms with Crippen LogP contribution in [0.3, 0.4) is 0 Å². The van der Waals surface area contributed by atoms with Gasteiger partial charge < -0.3 is 10.4 Å². The lowest BCUT2D eigenvalue weighted by Crippen LogP contribution is -2.39. The zero-order chi connectivity index (χ0) is 17.8. The van der Waals surface area contributed by atoms with Crippen LogP contribution in [0.5, 0.6) is 0 Å². The minimum Gasteiger partial charge on any atom is -0.481 e. The molecule has 0 bridgehead atoms. The van der Waals surface area contributed by atoms with Crippen molar-refractivity contribution < 1.29 is 19.1 Å². The zero-order valence-corrected chi connectivity index (χ0v) is 14.4. The van der Waals surface area contributed by atoms with Gasteiger partial charge in [0.05, 0.1) is 18.0 Å². The number of carbonyl (C=O) groups is 2. The van der Waals surface area contributed by atoms with Crippen LogP contribution >= 0.6 is 11.3 Å². The van der Waals surface area contributed by atoms with E-state index in [2.05, 4.69) is 10.3 Å². The first-order valence-electron chi connectivity index (χ1n) is 8.24. The van der Waals surface area contributed by atoms with E-state index in [9.17, 15) is 14.0 Å². The summed E-state index contributed by atoms with van der Waals surface area (Å²) in [6.07, 6.45) is 2.74. The van der Waals surface area contributed by atoms with Crippen LogP contribution in [0, 0.1) is 11.7 Å². The summed E-state index contributed by atoms with van der Waals surface area (Å²) in [5.41, 5.74) is 1.35. The summed E-state index contributed by atoms with van der Waals surface area (Å²) >= 11 is 1.38. The first-order chi connectivity index (χ1) is 12.0. The Kier molecular flexibility index (Phi) is 5.43. The number of carboxylic acids is 1. The molecule has 2 aromatic rings. The number of hydrogen-bond acceptors (Lipinski definition) is 4. The molecule has 2 N–H and O–H groups in total. The molecular weight excluding hydrogens is 343 g/mol. The van der Waals surface area contributed by atoms with Crippen molar-refractivity contribution in [2.75, 3.05) is 0 Å². The number of carboxylic acid groups (broad SMARTS) is 1. The summed E-state index contributed by atoms with van der Waals surface area (Å²) < 4.78 is 13.3. The van der Waals surface area contributed by atoms with Gasteiger partial charge in [0.1, 0.15) is 10.8 Å². The summed E-state index contributed by atoms with van der Waals surface area (Å²) in [5.74, 6) is -1.48. The molecule has 0 spiro atoms. The maximum atomic E-state index is 13.3. The second-order valence-electron chi connectivity index (χ2n) is 6.29. The normalized spacial score (nSPS) is 20.2. The standard InChI is InChI=1S/C18H19FN2O3S/c19-13-3-1-2-12(8-13)17-21-15(10-25-17)9-16(22)20-14-6-4-11(5-7-14)18(23)24/h1-3,8,10-11,14H,4-7,9H2,(H,20,22)(H,23,24). The van der Waals surface area contributed by atoms with Gasteiger partial charge in [0.25, 0.3) is 0 Å². The molecule has 1 amide bonds. The summed E-state index contributed by atoms with van der Waals surface area (Å²) in [7, 11) is 0. The van der Waals surface area contributed by atoms with E-state index in [4.69, 9.17) is 5.11 Å². The van der Waals surface area contributed by atoms with Gasteiger partial charge in [0.15, 0.2) is 0 Å². The number of thiazole rings is 1. The molecule has 0 saturated heterocycles. The first kappa shape index (κ1) is 17.5. The smallest absolute Gasteiger partial charge is 0.306 e. The number of halogens is 1. The lowest BCUT2D eigenvalue weighted by Gasteiger charge is -2.26. The van der Waals surface area contributed by atoms with Crippen molar-refractivity contribution in [2.45, 2.75) is 38.1 Å². The van der Waals surface area contributed by atoms with Crippen molar-refractivity contribution in [3.63, 3.8) is 0 Å². The van der Waals surface area contributed by atoms with Gasteiger partial charge in [0, 0.05) is 17.0 Å². The van der Waals surface area contributed by atoms with Crippen LogP contribution < -0.4 is 5.32 Å². The van der Waals surface area contributed by atoms with Gasteiger partial charge in [-0.1, -0.05) is 12.1 Å². The number of nitrogens with zero attached hydrogens (tertiary/aromatic N) is 1. The van der Waals surface area contributed by atoms with Crippen LogP contribution in [0.1, 0.15) is 31.4 Å². The van der Waals surface area contributed by atoms with Gasteiger partial charge in [-0.15, -0.1) is 11.3 Å². The monoisotopic (exact) mass is 362 g/mol. The molecule has 1 aromatic carbocycles. The van der Waals surface area contributed by atoms with Gasteiger partial charge in [-0.05, 0) is 37.8 Å². The summed E-state index contributed by atoms with van der Waals surface area (Å²) in [5, 5.41) is 14.4. The fourth-order valence-electron chi connectivity index (χ4n) is 3.07. The van der Waals surface area contributed by atoms with Crippen molar-refractivity contribution in [2.24, 2.45) is 5.92 Å². The number of aliphatic carboxylic acids is 1. The predicted octanol–water partition coefficient (Wildman–Crippen LogP) is 3.25. The Morgan fingerprint density at radius 1 is 1.28 bits per heavy atom. The van der Waals surface area contributed by atoms with E-state index in [-0.39, 0.29) is 30.1 Å². The quantitative estimate of drug-likeness (QED) is 0.856. The van der Waals surface area contributed by atoms with E-state index in [0.717, 1.165) is 0 Å². The number of benzene rings is 1. The Balaban J connectivity index is 1.53. The first-order valence-corrected chi connectivity index (χ1v) is 9.12. The molecule has 1 aliphatic carbocycles. The van der Waals surface area contributed by atoms with Crippen LogP contribution in [0.2, 0.25) is 0 Å². The van der Waals surface area contributed by atoms with E-state index in [1.165, 1.54) is 23.5 Å². The van der Waals surface area contributed by atoms with E-state index in [0.29, 0.717) is 41.9 Å². The van der Waals surface area contributed by atoms with Crippen LogP contribution in [0.15, 0.2) is 29.6 Å². The second-order valence-corrected chi connectivity index (χ2v) is 7.14. The SMILES string of the molecule is O=C(Cc1csc(-c2cccc(F)c2)n1)NC1CCC(C(=O)O)CC1. The Bertz CT molecular complexity index is 769. The Hall–Kier alpha value is -2.28. The number of amides is 1. The highest BCUT2D eigenvalue weighted by molar-refractivity contribution is 7.13. The molecule has 0 radical (unpaired) electrons. The molecule has 0 aliphatic heterocycles. The fourth-order valence-corrected chi connectivity index (χ4v) is 3.89. The van der Waals surface area contributed by atoms with Gasteiger partial charge >= 0.3 is 5.97 Å². The molecule has 0 unspecified atom stereocenters. The molecule has 5 nitrogen and oxygen atoms in total. The maximum absolute atomic E-state index is 13.3. The van der Waals surface area contributed by atoms with E-state index in [1.807, 2.05) is 0 Å². The highest BCUT2D eigenvalue weighted by Crippen LogP contribution is 2.26. The minimum absolute atomic E-state index is 0.0319. The summed E-state index contributed by atoms with van der Waals surface area (Å²) in [6, 6.07) is 6.25. The predicted molar refractivity (Wildman–Crippen MR) is 92.7 cm³/mol. The van der Waals surface area contributed by atoms with Crippen molar-refractivity contribution in [1.29, 1.82) is 0 Å². The van der Waals surface area contributed by atoms with Crippen molar-refractivity contribution in [1.82, 2.24) is 10.3 Å². The molecule has 1 aliphatic rings. The van der Waals surface area contributed by atoms with Gasteiger partial charge in [0.2, 0.25) is 5.91 Å².